The summed E-state index contributed by atoms with van der Waals surface area (Å²) in [7, 11) is 2.10. The summed E-state index contributed by atoms with van der Waals surface area (Å²) in [6.45, 7) is 7.03. The number of carbonyl (C=O) groups excluding carboxylic acids is 2. The molecule has 0 atom stereocenters. The Bertz CT molecular complexity index is 1020. The lowest BCUT2D eigenvalue weighted by molar-refractivity contribution is -0.883. The van der Waals surface area contributed by atoms with E-state index in [-0.39, 0.29) is 28.2 Å². The lowest BCUT2D eigenvalue weighted by Crippen LogP contribution is -3.12. The summed E-state index contributed by atoms with van der Waals surface area (Å²) in [6, 6.07) is 10.9. The molecular formula is C23H28N3O3+. The molecule has 6 nitrogen and oxygen atoms in total. The Kier molecular flexibility index (Phi) is 4.90. The van der Waals surface area contributed by atoms with E-state index in [1.165, 1.54) is 4.90 Å². The predicted molar refractivity (Wildman–Crippen MR) is 111 cm³/mol. The van der Waals surface area contributed by atoms with E-state index in [1.54, 1.807) is 15.5 Å². The van der Waals surface area contributed by atoms with E-state index in [1.807, 2.05) is 44.2 Å². The number of para-hydroxylation sites is 1. The van der Waals surface area contributed by atoms with Gasteiger partial charge in [-0.3, -0.25) is 19.0 Å². The lowest BCUT2D eigenvalue weighted by Gasteiger charge is -2.33. The number of hydrogen-bond acceptors (Lipinski definition) is 3. The van der Waals surface area contributed by atoms with E-state index in [4.69, 9.17) is 0 Å². The first-order valence-corrected chi connectivity index (χ1v) is 10.2. The van der Waals surface area contributed by atoms with Crippen LogP contribution in [0.2, 0.25) is 0 Å². The van der Waals surface area contributed by atoms with Crippen molar-refractivity contribution >= 4 is 11.7 Å². The first-order chi connectivity index (χ1) is 13.8. The summed E-state index contributed by atoms with van der Waals surface area (Å²) in [6.07, 6.45) is 1.03. The van der Waals surface area contributed by atoms with Gasteiger partial charge in [0.15, 0.2) is 5.78 Å². The monoisotopic (exact) mass is 394 g/mol. The van der Waals surface area contributed by atoms with Crippen LogP contribution in [0.3, 0.4) is 0 Å². The number of aromatic nitrogens is 1. The van der Waals surface area contributed by atoms with Crippen LogP contribution in [-0.2, 0) is 6.42 Å². The average molecular weight is 394 g/mol. The van der Waals surface area contributed by atoms with Crippen molar-refractivity contribution in [2.24, 2.45) is 5.41 Å². The summed E-state index contributed by atoms with van der Waals surface area (Å²) in [5.41, 5.74) is 1.45. The number of piperazine rings is 1. The second kappa shape index (κ2) is 7.26. The fourth-order valence-corrected chi connectivity index (χ4v) is 4.38. The maximum Gasteiger partial charge on any atom is 0.268 e. The van der Waals surface area contributed by atoms with Gasteiger partial charge in [0.25, 0.3) is 11.5 Å². The van der Waals surface area contributed by atoms with Crippen molar-refractivity contribution in [2.75, 3.05) is 33.2 Å². The third-order valence-corrected chi connectivity index (χ3v) is 6.04. The number of carbonyl (C=O) groups is 2. The summed E-state index contributed by atoms with van der Waals surface area (Å²) in [5, 5.41) is 0. The maximum absolute atomic E-state index is 13.5. The van der Waals surface area contributed by atoms with Gasteiger partial charge in [-0.2, -0.15) is 0 Å². The van der Waals surface area contributed by atoms with Crippen molar-refractivity contribution in [3.05, 3.63) is 63.6 Å². The van der Waals surface area contributed by atoms with Gasteiger partial charge >= 0.3 is 0 Å². The van der Waals surface area contributed by atoms with E-state index in [0.29, 0.717) is 42.9 Å². The van der Waals surface area contributed by atoms with Gasteiger partial charge < -0.3 is 9.80 Å². The van der Waals surface area contributed by atoms with Crippen molar-refractivity contribution in [2.45, 2.75) is 26.7 Å². The van der Waals surface area contributed by atoms with Crippen LogP contribution in [0.1, 0.15) is 46.7 Å². The number of Topliss-reactive ketones (excluding diaryl/α,β-unsaturated/α-hetero) is 1. The van der Waals surface area contributed by atoms with E-state index >= 15 is 0 Å². The summed E-state index contributed by atoms with van der Waals surface area (Å²) in [5.74, 6) is -0.273. The molecule has 1 aromatic carbocycles. The van der Waals surface area contributed by atoms with Crippen molar-refractivity contribution in [3.8, 4) is 5.69 Å². The highest BCUT2D eigenvalue weighted by Crippen LogP contribution is 2.35. The Hall–Kier alpha value is -2.73. The Morgan fingerprint density at radius 2 is 1.69 bits per heavy atom. The van der Waals surface area contributed by atoms with Crippen LogP contribution in [-0.4, -0.2) is 54.4 Å². The van der Waals surface area contributed by atoms with Gasteiger partial charge in [-0.15, -0.1) is 0 Å². The molecule has 0 unspecified atom stereocenters. The molecule has 0 saturated carbocycles. The third kappa shape index (κ3) is 3.65. The molecule has 1 amide bonds. The second-order valence-electron chi connectivity index (χ2n) is 9.08. The quantitative estimate of drug-likeness (QED) is 0.825. The average Bonchev–Trinajstić information content (AvgIpc) is 2.67. The van der Waals surface area contributed by atoms with E-state index in [9.17, 15) is 14.4 Å². The zero-order chi connectivity index (χ0) is 20.8. The Morgan fingerprint density at radius 1 is 1.03 bits per heavy atom. The number of pyridine rings is 1. The number of nitrogens with zero attached hydrogens (tertiary/aromatic N) is 2. The Labute approximate surface area is 170 Å². The number of quaternary nitrogens is 1. The van der Waals surface area contributed by atoms with Crippen LogP contribution in [0.15, 0.2) is 41.2 Å². The zero-order valence-electron chi connectivity index (χ0n) is 17.3. The first-order valence-electron chi connectivity index (χ1n) is 10.2. The molecule has 1 saturated heterocycles. The molecule has 2 aliphatic rings. The van der Waals surface area contributed by atoms with Gasteiger partial charge in [-0.25, -0.2) is 0 Å². The summed E-state index contributed by atoms with van der Waals surface area (Å²) < 4.78 is 1.59. The van der Waals surface area contributed by atoms with Crippen molar-refractivity contribution < 1.29 is 14.5 Å². The summed E-state index contributed by atoms with van der Waals surface area (Å²) >= 11 is 0. The van der Waals surface area contributed by atoms with Gasteiger partial charge in [0, 0.05) is 23.4 Å². The van der Waals surface area contributed by atoms with Gasteiger partial charge in [0.1, 0.15) is 5.56 Å². The molecule has 2 heterocycles. The fraction of sp³-hybridized carbons (Fsp3) is 0.435. The smallest absolute Gasteiger partial charge is 0.268 e. The highest BCUT2D eigenvalue weighted by molar-refractivity contribution is 6.02. The number of hydrogen-bond donors (Lipinski definition) is 1. The van der Waals surface area contributed by atoms with Crippen LogP contribution < -0.4 is 10.5 Å². The molecule has 4 rings (SSSR count). The number of likely N-dealkylation sites (N-methyl/N-ethyl adjacent to an activating group) is 1. The Morgan fingerprint density at radius 3 is 2.34 bits per heavy atom. The number of benzene rings is 1. The van der Waals surface area contributed by atoms with Crippen molar-refractivity contribution in [3.63, 3.8) is 0 Å². The first kappa shape index (κ1) is 19.6. The summed E-state index contributed by atoms with van der Waals surface area (Å²) in [4.78, 5) is 42.8. The number of ketones is 1. The van der Waals surface area contributed by atoms with E-state index in [2.05, 4.69) is 7.05 Å². The van der Waals surface area contributed by atoms with Gasteiger partial charge in [0.2, 0.25) is 0 Å². The van der Waals surface area contributed by atoms with Crippen molar-refractivity contribution in [1.82, 2.24) is 9.47 Å². The number of rotatable bonds is 2. The molecule has 1 N–H and O–H groups in total. The molecular weight excluding hydrogens is 366 g/mol. The maximum atomic E-state index is 13.5. The third-order valence-electron chi connectivity index (χ3n) is 6.04. The van der Waals surface area contributed by atoms with Crippen LogP contribution >= 0.6 is 0 Å². The SMILES string of the molecule is C[NH+]1CCN(C(=O)c2cc3c(n(-c4ccccc4)c2=O)CC(C)(C)CC3=O)CC1. The van der Waals surface area contributed by atoms with Crippen LogP contribution in [0.5, 0.6) is 0 Å². The molecule has 0 spiro atoms. The molecule has 1 aliphatic carbocycles. The largest absolute Gasteiger partial charge is 0.334 e. The molecule has 29 heavy (non-hydrogen) atoms. The zero-order valence-corrected chi connectivity index (χ0v) is 17.3. The van der Waals surface area contributed by atoms with Gasteiger partial charge in [-0.05, 0) is 30.0 Å². The minimum absolute atomic E-state index is 0.00203. The minimum atomic E-state index is -0.336. The molecule has 6 heteroatoms. The van der Waals surface area contributed by atoms with Crippen LogP contribution in [0, 0.1) is 5.41 Å². The van der Waals surface area contributed by atoms with Gasteiger partial charge in [-0.1, -0.05) is 32.0 Å². The van der Waals surface area contributed by atoms with Crippen LogP contribution in [0.4, 0.5) is 0 Å². The molecule has 1 aromatic heterocycles. The molecule has 0 bridgehead atoms. The molecule has 1 fully saturated rings. The normalized spacial score (nSPS) is 19.1. The van der Waals surface area contributed by atoms with Crippen LogP contribution in [0.25, 0.3) is 5.69 Å². The van der Waals surface area contributed by atoms with E-state index < -0.39 is 0 Å². The molecule has 152 valence electrons. The highest BCUT2D eigenvalue weighted by Gasteiger charge is 2.36. The molecule has 1 aliphatic heterocycles. The lowest BCUT2D eigenvalue weighted by atomic mass is 9.75. The topological polar surface area (TPSA) is 63.8 Å². The van der Waals surface area contributed by atoms with E-state index in [0.717, 1.165) is 13.1 Å². The van der Waals surface area contributed by atoms with Gasteiger partial charge in [0.05, 0.1) is 33.2 Å². The Balaban J connectivity index is 1.89. The number of amides is 1. The van der Waals surface area contributed by atoms with Crippen molar-refractivity contribution in [1.29, 1.82) is 0 Å². The highest BCUT2D eigenvalue weighted by atomic mass is 16.2. The molecule has 0 radical (unpaired) electrons. The predicted octanol–water partition coefficient (Wildman–Crippen LogP) is 0.963. The number of nitrogens with one attached hydrogen (secondary N) is 1. The fourth-order valence-electron chi connectivity index (χ4n) is 4.38. The number of fused-ring (bicyclic) bond motifs is 1. The standard InChI is InChI=1S/C23H27N3O3/c1-23(2)14-19-17(20(27)15-23)13-18(21(28)25-11-9-24(3)10-12-25)22(29)26(19)16-7-5-4-6-8-16/h4-8,13H,9-12,14-15H2,1-3H3/p+1. The minimum Gasteiger partial charge on any atom is -0.334 e. The molecule has 2 aromatic rings. The second-order valence-corrected chi connectivity index (χ2v) is 9.08.